The Morgan fingerprint density at radius 1 is 1.23 bits per heavy atom. The van der Waals surface area contributed by atoms with Crippen LogP contribution < -0.4 is 0 Å². The Bertz CT molecular complexity index is 279. The number of nitrogens with zero attached hydrogens (tertiary/aromatic N) is 1. The fraction of sp³-hybridized carbons (Fsp3) is 1.00. The van der Waals surface area contributed by atoms with Gasteiger partial charge >= 0.3 is 0 Å². The van der Waals surface area contributed by atoms with E-state index in [1.807, 2.05) is 0 Å². The number of hydrogen-bond acceptors (Lipinski definition) is 3. The van der Waals surface area contributed by atoms with Crippen LogP contribution in [0.2, 0.25) is 0 Å². The van der Waals surface area contributed by atoms with Crippen molar-refractivity contribution in [2.24, 2.45) is 11.8 Å². The smallest absolute Gasteiger partial charge is 0.153 e. The molecule has 2 aliphatic heterocycles. The van der Waals surface area contributed by atoms with Crippen LogP contribution in [-0.2, 0) is 9.84 Å². The van der Waals surface area contributed by atoms with Crippen LogP contribution in [0.1, 0.15) is 13.8 Å². The third-order valence-corrected chi connectivity index (χ3v) is 5.08. The molecule has 0 saturated carbocycles. The lowest BCUT2D eigenvalue weighted by molar-refractivity contribution is 0.0381. The fourth-order valence-electron chi connectivity index (χ4n) is 2.02. The van der Waals surface area contributed by atoms with E-state index in [0.29, 0.717) is 17.5 Å². The summed E-state index contributed by atoms with van der Waals surface area (Å²) in [6.07, 6.45) is 0. The normalized spacial score (nSPS) is 30.1. The van der Waals surface area contributed by atoms with Gasteiger partial charge in [0.1, 0.15) is 0 Å². The van der Waals surface area contributed by atoms with Crippen molar-refractivity contribution in [1.29, 1.82) is 0 Å². The van der Waals surface area contributed by atoms with Crippen molar-refractivity contribution >= 4 is 9.84 Å². The van der Waals surface area contributed by atoms with Crippen molar-refractivity contribution in [1.82, 2.24) is 4.90 Å². The highest BCUT2D eigenvalue weighted by Gasteiger charge is 2.43. The molecule has 3 nitrogen and oxygen atoms in total. The summed E-state index contributed by atoms with van der Waals surface area (Å²) >= 11 is 0. The summed E-state index contributed by atoms with van der Waals surface area (Å²) in [5.74, 6) is 2.34. The van der Waals surface area contributed by atoms with Crippen molar-refractivity contribution in [2.75, 3.05) is 24.6 Å². The maximum absolute atomic E-state index is 10.9. The topological polar surface area (TPSA) is 37.4 Å². The first-order valence-corrected chi connectivity index (χ1v) is 6.74. The molecule has 2 aliphatic rings. The largest absolute Gasteiger partial charge is 0.298 e. The predicted octanol–water partition coefficient (Wildman–Crippen LogP) is 0.371. The molecule has 0 aromatic rings. The lowest BCUT2D eigenvalue weighted by Gasteiger charge is -2.48. The van der Waals surface area contributed by atoms with Gasteiger partial charge in [0.15, 0.2) is 9.84 Å². The molecule has 2 fully saturated rings. The molecular weight excluding hydrogens is 186 g/mol. The average Bonchev–Trinajstić information content (AvgIpc) is 1.78. The van der Waals surface area contributed by atoms with E-state index in [0.717, 1.165) is 24.9 Å². The van der Waals surface area contributed by atoms with Crippen molar-refractivity contribution in [3.63, 3.8) is 0 Å². The van der Waals surface area contributed by atoms with Crippen LogP contribution >= 0.6 is 0 Å². The average molecular weight is 203 g/mol. The quantitative estimate of drug-likeness (QED) is 0.651. The number of hydrogen-bond donors (Lipinski definition) is 0. The van der Waals surface area contributed by atoms with E-state index in [2.05, 4.69) is 18.7 Å². The standard InChI is InChI=1S/C9H17NO2S/c1-7(2)8-3-10(4-8)9-5-13(11,12)6-9/h7-9H,3-6H2,1-2H3. The van der Waals surface area contributed by atoms with Crippen LogP contribution in [0.4, 0.5) is 0 Å². The predicted molar refractivity (Wildman–Crippen MR) is 52.3 cm³/mol. The van der Waals surface area contributed by atoms with Gasteiger partial charge in [-0.2, -0.15) is 0 Å². The summed E-state index contributed by atoms with van der Waals surface area (Å²) in [6.45, 7) is 6.69. The zero-order valence-corrected chi connectivity index (χ0v) is 9.05. The first-order valence-electron chi connectivity index (χ1n) is 4.92. The molecule has 2 heterocycles. The van der Waals surface area contributed by atoms with Gasteiger partial charge in [-0.25, -0.2) is 8.42 Å². The van der Waals surface area contributed by atoms with Gasteiger partial charge in [0.05, 0.1) is 11.5 Å². The van der Waals surface area contributed by atoms with Crippen molar-refractivity contribution in [3.05, 3.63) is 0 Å². The molecule has 0 unspecified atom stereocenters. The molecule has 0 bridgehead atoms. The Hall–Kier alpha value is -0.0900. The molecule has 0 spiro atoms. The van der Waals surface area contributed by atoms with Gasteiger partial charge in [0, 0.05) is 19.1 Å². The number of rotatable bonds is 2. The minimum absolute atomic E-state index is 0.347. The van der Waals surface area contributed by atoms with Gasteiger partial charge in [-0.05, 0) is 11.8 Å². The lowest BCUT2D eigenvalue weighted by atomic mass is 9.87. The van der Waals surface area contributed by atoms with Gasteiger partial charge in [-0.1, -0.05) is 13.8 Å². The zero-order valence-electron chi connectivity index (χ0n) is 8.23. The van der Waals surface area contributed by atoms with E-state index in [1.165, 1.54) is 0 Å². The summed E-state index contributed by atoms with van der Waals surface area (Å²) in [7, 11) is -2.63. The molecule has 0 aromatic carbocycles. The van der Waals surface area contributed by atoms with Gasteiger partial charge in [-0.3, -0.25) is 4.90 Å². The second kappa shape index (κ2) is 2.95. The highest BCUT2D eigenvalue weighted by atomic mass is 32.2. The molecule has 0 aromatic heterocycles. The minimum Gasteiger partial charge on any atom is -0.298 e. The molecular formula is C9H17NO2S. The summed E-state index contributed by atoms with van der Waals surface area (Å²) in [6, 6.07) is 0.347. The van der Waals surface area contributed by atoms with Crippen LogP contribution in [0.3, 0.4) is 0 Å². The molecule has 0 aliphatic carbocycles. The molecule has 4 heteroatoms. The van der Waals surface area contributed by atoms with Crippen LogP contribution in [0.5, 0.6) is 0 Å². The van der Waals surface area contributed by atoms with E-state index in [-0.39, 0.29) is 0 Å². The lowest BCUT2D eigenvalue weighted by Crippen LogP contribution is -2.62. The van der Waals surface area contributed by atoms with Crippen molar-refractivity contribution in [2.45, 2.75) is 19.9 Å². The first-order chi connectivity index (χ1) is 5.98. The van der Waals surface area contributed by atoms with Crippen LogP contribution in [0, 0.1) is 11.8 Å². The summed E-state index contributed by atoms with van der Waals surface area (Å²) in [5, 5.41) is 0. The Balaban J connectivity index is 1.77. The van der Waals surface area contributed by atoms with Crippen molar-refractivity contribution in [3.8, 4) is 0 Å². The Morgan fingerprint density at radius 3 is 2.15 bits per heavy atom. The molecule has 13 heavy (non-hydrogen) atoms. The van der Waals surface area contributed by atoms with E-state index < -0.39 is 9.84 Å². The number of sulfone groups is 1. The maximum atomic E-state index is 10.9. The maximum Gasteiger partial charge on any atom is 0.153 e. The third-order valence-electron chi connectivity index (χ3n) is 3.29. The van der Waals surface area contributed by atoms with Crippen molar-refractivity contribution < 1.29 is 8.42 Å². The zero-order chi connectivity index (χ0) is 9.64. The van der Waals surface area contributed by atoms with Gasteiger partial charge in [-0.15, -0.1) is 0 Å². The second-order valence-corrected chi connectivity index (χ2v) is 6.84. The Labute approximate surface area is 80.0 Å². The van der Waals surface area contributed by atoms with E-state index >= 15 is 0 Å². The van der Waals surface area contributed by atoms with Gasteiger partial charge in [0.2, 0.25) is 0 Å². The van der Waals surface area contributed by atoms with Crippen LogP contribution in [-0.4, -0.2) is 44.0 Å². The molecule has 2 saturated heterocycles. The summed E-state index contributed by atoms with van der Waals surface area (Å²) in [5.41, 5.74) is 0. The van der Waals surface area contributed by atoms with E-state index in [1.54, 1.807) is 0 Å². The third kappa shape index (κ3) is 1.74. The first kappa shape index (κ1) is 9.46. The monoisotopic (exact) mass is 203 g/mol. The molecule has 0 N–H and O–H groups in total. The molecule has 76 valence electrons. The SMILES string of the molecule is CC(C)C1CN(C2CS(=O)(=O)C2)C1. The molecule has 2 rings (SSSR count). The van der Waals surface area contributed by atoms with E-state index in [9.17, 15) is 8.42 Å². The minimum atomic E-state index is -2.63. The Kier molecular flexibility index (Phi) is 2.15. The summed E-state index contributed by atoms with van der Waals surface area (Å²) < 4.78 is 21.9. The number of likely N-dealkylation sites (tertiary alicyclic amines) is 1. The van der Waals surface area contributed by atoms with E-state index in [4.69, 9.17) is 0 Å². The highest BCUT2D eigenvalue weighted by molar-refractivity contribution is 7.92. The van der Waals surface area contributed by atoms with Crippen LogP contribution in [0.15, 0.2) is 0 Å². The Morgan fingerprint density at radius 2 is 1.77 bits per heavy atom. The second-order valence-electron chi connectivity index (χ2n) is 4.69. The molecule has 0 radical (unpaired) electrons. The van der Waals surface area contributed by atoms with Gasteiger partial charge < -0.3 is 0 Å². The fourth-order valence-corrected chi connectivity index (χ4v) is 3.51. The molecule has 0 amide bonds. The van der Waals surface area contributed by atoms with Crippen LogP contribution in [0.25, 0.3) is 0 Å². The molecule has 0 atom stereocenters. The summed E-state index contributed by atoms with van der Waals surface area (Å²) in [4.78, 5) is 2.31. The van der Waals surface area contributed by atoms with Gasteiger partial charge in [0.25, 0.3) is 0 Å². The highest BCUT2D eigenvalue weighted by Crippen LogP contribution is 2.29.